The number of unbranched alkanes of at least 4 members (excludes halogenated alkanes) is 12. The molecule has 2 N–H and O–H groups in total. The molecule has 4 aromatic rings. The Morgan fingerprint density at radius 3 is 1.38 bits per heavy atom. The second kappa shape index (κ2) is 25.4. The molecule has 0 aromatic heterocycles. The van der Waals surface area contributed by atoms with Crippen LogP contribution in [0.5, 0.6) is 34.5 Å². The predicted molar refractivity (Wildman–Crippen MR) is 214 cm³/mol. The Labute approximate surface area is 357 Å². The molecule has 0 saturated heterocycles. The van der Waals surface area contributed by atoms with Crippen molar-refractivity contribution in [1.29, 1.82) is 0 Å². The Bertz CT molecular complexity index is 1770. The summed E-state index contributed by atoms with van der Waals surface area (Å²) in [4.78, 5) is -0.807. The smallest absolute Gasteiger partial charge is 0.870 e. The average Bonchev–Trinajstić information content (AvgIpc) is 3.13. The van der Waals surface area contributed by atoms with Crippen molar-refractivity contribution in [2.24, 2.45) is 0 Å². The summed E-state index contributed by atoms with van der Waals surface area (Å²) in [5, 5.41) is 21.7. The van der Waals surface area contributed by atoms with Gasteiger partial charge in [-0.25, -0.2) is 8.42 Å². The summed E-state index contributed by atoms with van der Waals surface area (Å²) in [6.45, 7) is 4.44. The Balaban J connectivity index is 0.000000373. The maximum atomic E-state index is 11.8. The number of phenolic OH excluding ortho intramolecular Hbond substituents is 1. The summed E-state index contributed by atoms with van der Waals surface area (Å²) in [6.07, 6.45) is 19.7. The Kier molecular flexibility index (Phi) is 22.3. The molecule has 0 fully saturated rings. The van der Waals surface area contributed by atoms with E-state index >= 15 is 0 Å². The Morgan fingerprint density at radius 2 is 0.945 bits per heavy atom. The van der Waals surface area contributed by atoms with Gasteiger partial charge in [0.15, 0.2) is 11.5 Å². The van der Waals surface area contributed by atoms with Crippen LogP contribution in [0.3, 0.4) is 0 Å². The summed E-state index contributed by atoms with van der Waals surface area (Å²) < 4.78 is 75.8. The van der Waals surface area contributed by atoms with Crippen LogP contribution in [0.4, 0.5) is 0 Å². The largest absolute Gasteiger partial charge is 2.00 e. The van der Waals surface area contributed by atoms with Crippen LogP contribution in [0, 0.1) is 0 Å². The Morgan fingerprint density at radius 1 is 0.545 bits per heavy atom. The third-order valence-corrected chi connectivity index (χ3v) is 10.6. The summed E-state index contributed by atoms with van der Waals surface area (Å²) in [6, 6.07) is 21.2. The van der Waals surface area contributed by atoms with E-state index in [0.717, 1.165) is 56.0 Å². The maximum Gasteiger partial charge on any atom is 2.00 e. The number of aryl methyl sites for hydroxylation is 2. The van der Waals surface area contributed by atoms with Crippen molar-refractivity contribution in [3.63, 3.8) is 0 Å². The molecule has 0 radical (unpaired) electrons. The second-order valence-corrected chi connectivity index (χ2v) is 16.2. The quantitative estimate of drug-likeness (QED) is 0.0441. The number of ether oxygens (including phenoxy) is 2. The molecule has 0 heterocycles. The van der Waals surface area contributed by atoms with Crippen LogP contribution >= 0.6 is 0 Å². The van der Waals surface area contributed by atoms with Gasteiger partial charge in [0, 0.05) is 6.07 Å². The van der Waals surface area contributed by atoms with E-state index in [9.17, 15) is 31.6 Å². The number of rotatable bonds is 22. The number of aromatic hydroxyl groups is 1. The fraction of sp³-hybridized carbons (Fsp3) is 0.429. The van der Waals surface area contributed by atoms with Gasteiger partial charge in [-0.1, -0.05) is 127 Å². The number of hydrogen-bond donors (Lipinski definition) is 2. The first-order valence-electron chi connectivity index (χ1n) is 18.9. The van der Waals surface area contributed by atoms with E-state index in [1.165, 1.54) is 94.2 Å². The van der Waals surface area contributed by atoms with Crippen LogP contribution in [0.1, 0.15) is 115 Å². The van der Waals surface area contributed by atoms with Crippen molar-refractivity contribution in [3.05, 3.63) is 96.1 Å². The van der Waals surface area contributed by atoms with Gasteiger partial charge in [0.2, 0.25) is 0 Å². The fourth-order valence-corrected chi connectivity index (χ4v) is 6.72. The molecule has 0 atom stereocenters. The van der Waals surface area contributed by atoms with Gasteiger partial charge in [-0.05, 0) is 85.3 Å². The molecule has 296 valence electrons. The first-order chi connectivity index (χ1) is 25.8. The number of hydrogen-bond acceptors (Lipinski definition) is 9. The SMILES string of the molecule is CCCCCCCCCc1ccc(Oc2cc(S(=O)(=O)O)ccc2O)cc1.CCCCCCCCCc1ccc(Oc2cc(S(=O)(=O)[O-])ccc2[O-])cc1.[Ca+2]. The molecule has 10 nitrogen and oxygen atoms in total. The first kappa shape index (κ1) is 48.3. The fourth-order valence-electron chi connectivity index (χ4n) is 5.74. The van der Waals surface area contributed by atoms with Crippen LogP contribution < -0.4 is 14.6 Å². The molecule has 55 heavy (non-hydrogen) atoms. The topological polar surface area (TPSA) is 173 Å². The molecule has 4 aromatic carbocycles. The average molecular weight is 823 g/mol. The van der Waals surface area contributed by atoms with Crippen molar-refractivity contribution < 1.29 is 45.6 Å². The first-order valence-corrected chi connectivity index (χ1v) is 21.8. The van der Waals surface area contributed by atoms with E-state index in [0.29, 0.717) is 11.5 Å². The third kappa shape index (κ3) is 18.8. The molecule has 0 amide bonds. The van der Waals surface area contributed by atoms with E-state index in [-0.39, 0.29) is 59.9 Å². The normalized spacial score (nSPS) is 11.3. The molecule has 0 unspecified atom stereocenters. The number of phenols is 1. The minimum Gasteiger partial charge on any atom is -0.870 e. The molecule has 4 rings (SSSR count). The molecule has 0 aliphatic rings. The van der Waals surface area contributed by atoms with E-state index < -0.39 is 30.9 Å². The van der Waals surface area contributed by atoms with Gasteiger partial charge >= 0.3 is 37.7 Å². The molecular formula is C42H54CaO10S2. The van der Waals surface area contributed by atoms with Gasteiger partial charge in [0.05, 0.1) is 9.79 Å². The van der Waals surface area contributed by atoms with E-state index in [1.54, 1.807) is 24.3 Å². The van der Waals surface area contributed by atoms with E-state index in [2.05, 4.69) is 13.8 Å². The molecular weight excluding hydrogens is 769 g/mol. The molecule has 0 bridgehead atoms. The van der Waals surface area contributed by atoms with Crippen LogP contribution in [-0.4, -0.2) is 68.8 Å². The van der Waals surface area contributed by atoms with Gasteiger partial charge in [-0.2, -0.15) is 8.42 Å². The van der Waals surface area contributed by atoms with Gasteiger partial charge in [-0.15, -0.1) is 0 Å². The second-order valence-electron chi connectivity index (χ2n) is 13.4. The third-order valence-electron chi connectivity index (χ3n) is 8.87. The zero-order chi connectivity index (χ0) is 39.4. The van der Waals surface area contributed by atoms with Gasteiger partial charge in [-0.3, -0.25) is 4.55 Å². The van der Waals surface area contributed by atoms with Crippen molar-refractivity contribution in [1.82, 2.24) is 0 Å². The van der Waals surface area contributed by atoms with Crippen molar-refractivity contribution in [2.75, 3.05) is 0 Å². The maximum absolute atomic E-state index is 11.8. The predicted octanol–water partition coefficient (Wildman–Crippen LogP) is 10.1. The van der Waals surface area contributed by atoms with Crippen molar-refractivity contribution in [2.45, 2.75) is 126 Å². The summed E-state index contributed by atoms with van der Waals surface area (Å²) in [5.74, 6) is 0.0396. The van der Waals surface area contributed by atoms with Gasteiger partial charge in [0.25, 0.3) is 10.1 Å². The van der Waals surface area contributed by atoms with Gasteiger partial charge in [0.1, 0.15) is 27.4 Å². The van der Waals surface area contributed by atoms with E-state index in [1.807, 2.05) is 24.3 Å². The zero-order valence-corrected chi connectivity index (χ0v) is 35.9. The monoisotopic (exact) mass is 822 g/mol. The summed E-state index contributed by atoms with van der Waals surface area (Å²) >= 11 is 0. The van der Waals surface area contributed by atoms with E-state index in [4.69, 9.17) is 14.0 Å². The molecule has 0 saturated carbocycles. The van der Waals surface area contributed by atoms with Crippen LogP contribution in [0.2, 0.25) is 0 Å². The molecule has 0 spiro atoms. The molecule has 0 aliphatic heterocycles. The standard InChI is InChI=1S/2C21H28O5S.Ca/c2*1-2-3-4-5-6-7-8-9-17-10-12-18(13-11-17)26-21-16-19(27(23,24)25)14-15-20(21)22;/h2*10-16,22H,2-9H2,1H3,(H,23,24,25);/q;;+2/p-2. The zero-order valence-electron chi connectivity index (χ0n) is 32.1. The van der Waals surface area contributed by atoms with Crippen LogP contribution in [0.25, 0.3) is 0 Å². The minimum atomic E-state index is -4.63. The summed E-state index contributed by atoms with van der Waals surface area (Å²) in [5.41, 5.74) is 2.40. The van der Waals surface area contributed by atoms with Crippen molar-refractivity contribution >= 4 is 58.0 Å². The number of benzene rings is 4. The minimum absolute atomic E-state index is 0. The van der Waals surface area contributed by atoms with Crippen LogP contribution in [0.15, 0.2) is 94.7 Å². The Hall–Kier alpha value is -2.84. The van der Waals surface area contributed by atoms with Crippen molar-refractivity contribution in [3.8, 4) is 34.5 Å². The van der Waals surface area contributed by atoms with Crippen LogP contribution in [-0.2, 0) is 33.1 Å². The molecule has 13 heteroatoms. The molecule has 0 aliphatic carbocycles. The summed E-state index contributed by atoms with van der Waals surface area (Å²) in [7, 11) is -8.98. The van der Waals surface area contributed by atoms with Gasteiger partial charge < -0.3 is 24.2 Å².